The van der Waals surface area contributed by atoms with Gasteiger partial charge in [-0.1, -0.05) is 13.8 Å². The van der Waals surface area contributed by atoms with E-state index >= 15 is 0 Å². The van der Waals surface area contributed by atoms with Gasteiger partial charge in [0.2, 0.25) is 0 Å². The van der Waals surface area contributed by atoms with Gasteiger partial charge >= 0.3 is 0 Å². The fourth-order valence-electron chi connectivity index (χ4n) is 3.45. The first-order valence-electron chi connectivity index (χ1n) is 8.15. The molecule has 0 bridgehead atoms. The molecule has 0 spiro atoms. The van der Waals surface area contributed by atoms with E-state index in [1.807, 2.05) is 12.3 Å². The van der Waals surface area contributed by atoms with Crippen LogP contribution in [0.5, 0.6) is 0 Å². The van der Waals surface area contributed by atoms with Crippen LogP contribution >= 0.6 is 0 Å². The van der Waals surface area contributed by atoms with Crippen LogP contribution in [0.15, 0.2) is 18.3 Å². The molecule has 0 radical (unpaired) electrons. The first kappa shape index (κ1) is 14.5. The fraction of sp³-hybridized carbons (Fsp3) is 0.647. The van der Waals surface area contributed by atoms with E-state index in [2.05, 4.69) is 48.2 Å². The molecule has 0 N–H and O–H groups in total. The van der Waals surface area contributed by atoms with Crippen LogP contribution in [0.25, 0.3) is 11.2 Å². The molecule has 1 unspecified atom stereocenters. The molecule has 2 aromatic heterocycles. The number of rotatable bonds is 4. The molecule has 2 aromatic rings. The van der Waals surface area contributed by atoms with Gasteiger partial charge in [0.05, 0.1) is 6.17 Å². The van der Waals surface area contributed by atoms with Crippen molar-refractivity contribution in [3.63, 3.8) is 0 Å². The summed E-state index contributed by atoms with van der Waals surface area (Å²) in [5.41, 5.74) is 2.08. The molecule has 4 nitrogen and oxygen atoms in total. The fourth-order valence-corrected chi connectivity index (χ4v) is 3.45. The number of imidazole rings is 1. The lowest BCUT2D eigenvalue weighted by Crippen LogP contribution is -2.34. The van der Waals surface area contributed by atoms with Crippen molar-refractivity contribution < 1.29 is 0 Å². The van der Waals surface area contributed by atoms with Gasteiger partial charge in [0.25, 0.3) is 0 Å². The molecular formula is C17H26N4. The van der Waals surface area contributed by atoms with Crippen molar-refractivity contribution in [1.82, 2.24) is 19.4 Å². The van der Waals surface area contributed by atoms with E-state index in [0.717, 1.165) is 17.6 Å². The Labute approximate surface area is 127 Å². The monoisotopic (exact) mass is 286 g/mol. The van der Waals surface area contributed by atoms with E-state index < -0.39 is 0 Å². The first-order chi connectivity index (χ1) is 10.1. The summed E-state index contributed by atoms with van der Waals surface area (Å²) in [5, 5.41) is 0. The number of hydrogen-bond acceptors (Lipinski definition) is 3. The molecule has 1 aliphatic heterocycles. The third-order valence-electron chi connectivity index (χ3n) is 4.34. The predicted octanol–water partition coefficient (Wildman–Crippen LogP) is 3.63. The molecule has 1 saturated heterocycles. The van der Waals surface area contributed by atoms with Crippen LogP contribution in [0.2, 0.25) is 0 Å². The highest BCUT2D eigenvalue weighted by Gasteiger charge is 2.31. The lowest BCUT2D eigenvalue weighted by molar-refractivity contribution is 0.151. The third kappa shape index (κ3) is 2.69. The number of hydrogen-bond donors (Lipinski definition) is 0. The zero-order valence-electron chi connectivity index (χ0n) is 13.6. The topological polar surface area (TPSA) is 34.0 Å². The van der Waals surface area contributed by atoms with Crippen LogP contribution in [0.1, 0.15) is 52.5 Å². The molecule has 3 rings (SSSR count). The minimum absolute atomic E-state index is 0.415. The van der Waals surface area contributed by atoms with E-state index in [-0.39, 0.29) is 0 Å². The second-order valence-electron chi connectivity index (χ2n) is 6.80. The highest BCUT2D eigenvalue weighted by atomic mass is 15.4. The third-order valence-corrected chi connectivity index (χ3v) is 4.34. The van der Waals surface area contributed by atoms with Crippen molar-refractivity contribution in [3.05, 3.63) is 24.2 Å². The molecule has 1 atom stereocenters. The summed E-state index contributed by atoms with van der Waals surface area (Å²) in [5.74, 6) is 1.80. The Kier molecular flexibility index (Phi) is 3.98. The van der Waals surface area contributed by atoms with Crippen molar-refractivity contribution in [3.8, 4) is 0 Å². The maximum absolute atomic E-state index is 4.86. The number of nitrogens with zero attached hydrogens (tertiary/aromatic N) is 4. The van der Waals surface area contributed by atoms with Crippen LogP contribution < -0.4 is 0 Å². The van der Waals surface area contributed by atoms with E-state index in [4.69, 9.17) is 4.98 Å². The van der Waals surface area contributed by atoms with E-state index in [1.54, 1.807) is 0 Å². The molecule has 21 heavy (non-hydrogen) atoms. The molecule has 114 valence electrons. The standard InChI is InChI=1S/C17H26N4/c1-12(2)11-15-19-14-7-5-9-18-17(14)21(15)16-8-6-10-20(16)13(3)4/h5,7,9,12-13,16H,6,8,10-11H2,1-4H3. The normalized spacial score (nSPS) is 20.2. The first-order valence-corrected chi connectivity index (χ1v) is 8.15. The Bertz CT molecular complexity index is 614. The van der Waals surface area contributed by atoms with Crippen LogP contribution in [0, 0.1) is 5.92 Å². The van der Waals surface area contributed by atoms with E-state index in [9.17, 15) is 0 Å². The molecule has 0 saturated carbocycles. The number of fused-ring (bicyclic) bond motifs is 1. The Hall–Kier alpha value is -1.42. The zero-order valence-corrected chi connectivity index (χ0v) is 13.6. The summed E-state index contributed by atoms with van der Waals surface area (Å²) < 4.78 is 2.41. The lowest BCUT2D eigenvalue weighted by atomic mass is 10.1. The largest absolute Gasteiger partial charge is 0.296 e. The average molecular weight is 286 g/mol. The summed E-state index contributed by atoms with van der Waals surface area (Å²) in [4.78, 5) is 12.1. The highest BCUT2D eigenvalue weighted by Crippen LogP contribution is 2.33. The van der Waals surface area contributed by atoms with Crippen LogP contribution in [0.3, 0.4) is 0 Å². The average Bonchev–Trinajstić information content (AvgIpc) is 3.00. The summed E-state index contributed by atoms with van der Waals surface area (Å²) in [6.07, 6.45) is 5.77. The maximum atomic E-state index is 4.86. The molecular weight excluding hydrogens is 260 g/mol. The van der Waals surface area contributed by atoms with Gasteiger partial charge in [-0.2, -0.15) is 0 Å². The summed E-state index contributed by atoms with van der Waals surface area (Å²) in [6.45, 7) is 10.3. The van der Waals surface area contributed by atoms with Crippen molar-refractivity contribution in [2.75, 3.05) is 6.54 Å². The summed E-state index contributed by atoms with van der Waals surface area (Å²) >= 11 is 0. The second-order valence-corrected chi connectivity index (χ2v) is 6.80. The number of likely N-dealkylation sites (tertiary alicyclic amines) is 1. The van der Waals surface area contributed by atoms with Gasteiger partial charge in [0.1, 0.15) is 11.3 Å². The number of pyridine rings is 1. The quantitative estimate of drug-likeness (QED) is 0.860. The Morgan fingerprint density at radius 3 is 2.81 bits per heavy atom. The van der Waals surface area contributed by atoms with Crippen LogP contribution in [-0.2, 0) is 6.42 Å². The Balaban J connectivity index is 2.10. The predicted molar refractivity (Wildman–Crippen MR) is 86.2 cm³/mol. The highest BCUT2D eigenvalue weighted by molar-refractivity contribution is 5.71. The summed E-state index contributed by atoms with van der Waals surface area (Å²) in [6, 6.07) is 4.62. The zero-order chi connectivity index (χ0) is 15.0. The number of aromatic nitrogens is 3. The van der Waals surface area contributed by atoms with Crippen molar-refractivity contribution >= 4 is 11.2 Å². The molecule has 3 heterocycles. The second kappa shape index (κ2) is 5.76. The molecule has 1 aliphatic rings. The van der Waals surface area contributed by atoms with Gasteiger partial charge in [-0.3, -0.25) is 9.47 Å². The lowest BCUT2D eigenvalue weighted by Gasteiger charge is -2.30. The molecule has 0 aliphatic carbocycles. The molecule has 4 heteroatoms. The van der Waals surface area contributed by atoms with Crippen molar-refractivity contribution in [2.24, 2.45) is 5.92 Å². The van der Waals surface area contributed by atoms with Crippen LogP contribution in [0.4, 0.5) is 0 Å². The van der Waals surface area contributed by atoms with Crippen molar-refractivity contribution in [2.45, 2.75) is 59.2 Å². The minimum Gasteiger partial charge on any atom is -0.296 e. The SMILES string of the molecule is CC(C)Cc1nc2cccnc2n1C1CCCN1C(C)C. The van der Waals surface area contributed by atoms with Crippen LogP contribution in [-0.4, -0.2) is 32.0 Å². The van der Waals surface area contributed by atoms with Gasteiger partial charge in [-0.15, -0.1) is 0 Å². The molecule has 1 fully saturated rings. The van der Waals surface area contributed by atoms with E-state index in [1.165, 1.54) is 25.2 Å². The minimum atomic E-state index is 0.415. The summed E-state index contributed by atoms with van der Waals surface area (Å²) in [7, 11) is 0. The van der Waals surface area contributed by atoms with Gasteiger partial charge in [-0.05, 0) is 44.7 Å². The Morgan fingerprint density at radius 2 is 2.10 bits per heavy atom. The maximum Gasteiger partial charge on any atom is 0.161 e. The van der Waals surface area contributed by atoms with Crippen molar-refractivity contribution in [1.29, 1.82) is 0 Å². The smallest absolute Gasteiger partial charge is 0.161 e. The van der Waals surface area contributed by atoms with Gasteiger partial charge in [0, 0.05) is 25.2 Å². The van der Waals surface area contributed by atoms with Gasteiger partial charge < -0.3 is 0 Å². The molecule has 0 amide bonds. The van der Waals surface area contributed by atoms with Gasteiger partial charge in [-0.25, -0.2) is 9.97 Å². The Morgan fingerprint density at radius 1 is 1.29 bits per heavy atom. The van der Waals surface area contributed by atoms with Gasteiger partial charge in [0.15, 0.2) is 5.65 Å². The van der Waals surface area contributed by atoms with E-state index in [0.29, 0.717) is 18.1 Å². The molecule has 0 aromatic carbocycles.